The molecule has 25 heavy (non-hydrogen) atoms. The molecule has 2 aromatic carbocycles. The molecular weight excluding hydrogens is 321 g/mol. The molecule has 2 aliphatic rings. The zero-order valence-electron chi connectivity index (χ0n) is 14.3. The minimum atomic E-state index is -0.200. The number of piperidine rings is 1. The highest BCUT2D eigenvalue weighted by atomic mass is 19.1. The predicted octanol–water partition coefficient (Wildman–Crippen LogP) is 4.02. The van der Waals surface area contributed by atoms with Gasteiger partial charge in [-0.15, -0.1) is 0 Å². The first-order valence-electron chi connectivity index (χ1n) is 8.69. The second-order valence-corrected chi connectivity index (χ2v) is 6.71. The van der Waals surface area contributed by atoms with Gasteiger partial charge in [-0.2, -0.15) is 0 Å². The third-order valence-corrected chi connectivity index (χ3v) is 5.03. The lowest BCUT2D eigenvalue weighted by molar-refractivity contribution is 0.0736. The molecule has 0 radical (unpaired) electrons. The zero-order chi connectivity index (χ0) is 17.2. The smallest absolute Gasteiger partial charge is 0.231 e. The van der Waals surface area contributed by atoms with Crippen molar-refractivity contribution in [2.75, 3.05) is 27.0 Å². The predicted molar refractivity (Wildman–Crippen MR) is 92.6 cm³/mol. The van der Waals surface area contributed by atoms with Crippen LogP contribution in [0.3, 0.4) is 0 Å². The molecule has 0 spiro atoms. The Hall–Kier alpha value is -2.27. The van der Waals surface area contributed by atoms with Gasteiger partial charge in [-0.25, -0.2) is 4.39 Å². The third-order valence-electron chi connectivity index (χ3n) is 5.03. The van der Waals surface area contributed by atoms with E-state index in [2.05, 4.69) is 11.9 Å². The number of benzene rings is 2. The Morgan fingerprint density at radius 1 is 1.16 bits per heavy atom. The summed E-state index contributed by atoms with van der Waals surface area (Å²) in [7, 11) is 2.12. The minimum absolute atomic E-state index is 0.200. The molecule has 2 heterocycles. The van der Waals surface area contributed by atoms with Gasteiger partial charge < -0.3 is 14.2 Å². The fourth-order valence-electron chi connectivity index (χ4n) is 3.79. The van der Waals surface area contributed by atoms with Gasteiger partial charge in [0.15, 0.2) is 11.5 Å². The van der Waals surface area contributed by atoms with E-state index in [1.54, 1.807) is 0 Å². The molecule has 2 aliphatic heterocycles. The Morgan fingerprint density at radius 2 is 2.00 bits per heavy atom. The van der Waals surface area contributed by atoms with Crippen molar-refractivity contribution in [3.05, 3.63) is 53.8 Å². The molecule has 2 unspecified atom stereocenters. The largest absolute Gasteiger partial charge is 0.489 e. The van der Waals surface area contributed by atoms with Crippen molar-refractivity contribution >= 4 is 0 Å². The van der Waals surface area contributed by atoms with E-state index in [-0.39, 0.29) is 18.7 Å². The first-order chi connectivity index (χ1) is 12.2. The van der Waals surface area contributed by atoms with Crippen LogP contribution in [-0.4, -0.2) is 31.9 Å². The maximum atomic E-state index is 13.3. The Morgan fingerprint density at radius 3 is 2.84 bits per heavy atom. The summed E-state index contributed by atoms with van der Waals surface area (Å²) in [5, 5.41) is 0. The SMILES string of the molecule is CN1CCCC(COc2ccc3cc2OCO3)C1c1ccc(F)cc1. The fraction of sp³-hybridized carbons (Fsp3) is 0.400. The summed E-state index contributed by atoms with van der Waals surface area (Å²) in [6, 6.07) is 12.7. The highest BCUT2D eigenvalue weighted by Crippen LogP contribution is 2.38. The number of nitrogens with zero attached hydrogens (tertiary/aromatic N) is 1. The Balaban J connectivity index is 1.50. The van der Waals surface area contributed by atoms with Crippen molar-refractivity contribution < 1.29 is 18.6 Å². The molecule has 4 nitrogen and oxygen atoms in total. The quantitative estimate of drug-likeness (QED) is 0.839. The van der Waals surface area contributed by atoms with Crippen LogP contribution in [0, 0.1) is 11.7 Å². The molecule has 0 saturated carbocycles. The van der Waals surface area contributed by atoms with Gasteiger partial charge in [-0.1, -0.05) is 12.1 Å². The van der Waals surface area contributed by atoms with Crippen LogP contribution in [0.4, 0.5) is 4.39 Å². The van der Waals surface area contributed by atoms with E-state index in [0.717, 1.165) is 42.2 Å². The lowest BCUT2D eigenvalue weighted by atomic mass is 9.85. The number of likely N-dealkylation sites (tertiary alicyclic amines) is 1. The van der Waals surface area contributed by atoms with E-state index in [1.165, 1.54) is 12.1 Å². The van der Waals surface area contributed by atoms with Crippen molar-refractivity contribution in [3.63, 3.8) is 0 Å². The lowest BCUT2D eigenvalue weighted by Crippen LogP contribution is -2.38. The first kappa shape index (κ1) is 16.2. The van der Waals surface area contributed by atoms with Crippen LogP contribution in [0.15, 0.2) is 42.5 Å². The Labute approximate surface area is 147 Å². The molecule has 4 rings (SSSR count). The molecule has 1 saturated heterocycles. The standard InChI is InChI=1S/C20H22FNO3/c1-22-10-2-3-15(20(22)14-4-6-16(21)7-5-14)12-23-18-9-8-17-11-19(18)25-13-24-17/h4-9,11,15,20H,2-3,10,12-13H2,1H3. The normalized spacial score (nSPS) is 22.8. The van der Waals surface area contributed by atoms with E-state index >= 15 is 0 Å². The summed E-state index contributed by atoms with van der Waals surface area (Å²) < 4.78 is 30.2. The van der Waals surface area contributed by atoms with Crippen LogP contribution in [0.25, 0.3) is 0 Å². The van der Waals surface area contributed by atoms with Crippen molar-refractivity contribution in [1.29, 1.82) is 0 Å². The van der Waals surface area contributed by atoms with E-state index in [4.69, 9.17) is 14.2 Å². The van der Waals surface area contributed by atoms with Gasteiger partial charge in [0.2, 0.25) is 6.79 Å². The minimum Gasteiger partial charge on any atom is -0.489 e. The van der Waals surface area contributed by atoms with E-state index in [9.17, 15) is 4.39 Å². The fourth-order valence-corrected chi connectivity index (χ4v) is 3.79. The maximum absolute atomic E-state index is 13.3. The van der Waals surface area contributed by atoms with Crippen molar-refractivity contribution in [2.45, 2.75) is 18.9 Å². The summed E-state index contributed by atoms with van der Waals surface area (Å²) in [6.45, 7) is 1.87. The lowest BCUT2D eigenvalue weighted by Gasteiger charge is -2.39. The molecule has 132 valence electrons. The summed E-state index contributed by atoms with van der Waals surface area (Å²) in [5.41, 5.74) is 1.14. The number of ether oxygens (including phenoxy) is 3. The highest BCUT2D eigenvalue weighted by molar-refractivity contribution is 5.46. The second kappa shape index (κ2) is 6.92. The van der Waals surface area contributed by atoms with E-state index < -0.39 is 0 Å². The van der Waals surface area contributed by atoms with Gasteiger partial charge in [0.1, 0.15) is 11.6 Å². The number of fused-ring (bicyclic) bond motifs is 2. The van der Waals surface area contributed by atoms with Crippen LogP contribution in [0.5, 0.6) is 17.2 Å². The maximum Gasteiger partial charge on any atom is 0.231 e. The van der Waals surface area contributed by atoms with Gasteiger partial charge in [0.05, 0.1) is 6.61 Å². The topological polar surface area (TPSA) is 30.9 Å². The zero-order valence-corrected chi connectivity index (χ0v) is 14.3. The van der Waals surface area contributed by atoms with Crippen LogP contribution < -0.4 is 14.2 Å². The average Bonchev–Trinajstić information content (AvgIpc) is 2.63. The summed E-state index contributed by atoms with van der Waals surface area (Å²) in [6.07, 6.45) is 2.22. The van der Waals surface area contributed by atoms with Gasteiger partial charge >= 0.3 is 0 Å². The first-order valence-corrected chi connectivity index (χ1v) is 8.69. The van der Waals surface area contributed by atoms with Crippen molar-refractivity contribution in [1.82, 2.24) is 4.90 Å². The second-order valence-electron chi connectivity index (χ2n) is 6.71. The highest BCUT2D eigenvalue weighted by Gasteiger charge is 2.31. The molecular formula is C20H22FNO3. The number of rotatable bonds is 4. The molecule has 0 aliphatic carbocycles. The Kier molecular flexibility index (Phi) is 4.49. The molecule has 2 atom stereocenters. The van der Waals surface area contributed by atoms with Crippen molar-refractivity contribution in [2.24, 2.45) is 5.92 Å². The summed E-state index contributed by atoms with van der Waals surface area (Å²) >= 11 is 0. The van der Waals surface area contributed by atoms with Gasteiger partial charge in [0, 0.05) is 18.0 Å². The molecule has 0 N–H and O–H groups in total. The monoisotopic (exact) mass is 343 g/mol. The third kappa shape index (κ3) is 3.42. The average molecular weight is 343 g/mol. The van der Waals surface area contributed by atoms with Gasteiger partial charge in [0.25, 0.3) is 0 Å². The molecule has 2 aromatic rings. The Bertz CT molecular complexity index is 734. The molecule has 0 amide bonds. The summed E-state index contributed by atoms with van der Waals surface area (Å²) in [4.78, 5) is 2.34. The number of hydrogen-bond acceptors (Lipinski definition) is 4. The number of hydrogen-bond donors (Lipinski definition) is 0. The van der Waals surface area contributed by atoms with Crippen LogP contribution in [0.1, 0.15) is 24.4 Å². The van der Waals surface area contributed by atoms with Crippen LogP contribution in [-0.2, 0) is 0 Å². The van der Waals surface area contributed by atoms with E-state index in [0.29, 0.717) is 12.5 Å². The van der Waals surface area contributed by atoms with Crippen molar-refractivity contribution in [3.8, 4) is 17.2 Å². The summed E-state index contributed by atoms with van der Waals surface area (Å²) in [5.74, 6) is 2.42. The molecule has 0 aromatic heterocycles. The van der Waals surface area contributed by atoms with Crippen LogP contribution >= 0.6 is 0 Å². The number of halogens is 1. The van der Waals surface area contributed by atoms with Crippen LogP contribution in [0.2, 0.25) is 0 Å². The molecule has 1 fully saturated rings. The molecule has 2 bridgehead atoms. The van der Waals surface area contributed by atoms with E-state index in [1.807, 2.05) is 30.3 Å². The van der Waals surface area contributed by atoms with Gasteiger partial charge in [-0.05, 0) is 56.3 Å². The van der Waals surface area contributed by atoms with Gasteiger partial charge in [-0.3, -0.25) is 4.90 Å². The molecule has 5 heteroatoms.